The van der Waals surface area contributed by atoms with E-state index in [0.29, 0.717) is 0 Å². The number of aryl methyl sites for hydroxylation is 1. The first-order chi connectivity index (χ1) is 12.8. The largest absolute Gasteiger partial charge is 0.367 e. The topological polar surface area (TPSA) is 73.8 Å². The summed E-state index contributed by atoms with van der Waals surface area (Å²) >= 11 is 0. The second kappa shape index (κ2) is 7.31. The van der Waals surface area contributed by atoms with Gasteiger partial charge in [-0.05, 0) is 18.1 Å². The summed E-state index contributed by atoms with van der Waals surface area (Å²) in [6, 6.07) is 3.04. The third kappa shape index (κ3) is 3.89. The first-order valence-electron chi connectivity index (χ1n) is 7.30. The van der Waals surface area contributed by atoms with Crippen molar-refractivity contribution in [3.63, 3.8) is 0 Å². The third-order valence-electron chi connectivity index (χ3n) is 3.67. The fraction of sp³-hybridized carbons (Fsp3) is 0.429. The molecular formula is C14H10F8N4O2. The molecule has 14 heteroatoms. The summed E-state index contributed by atoms with van der Waals surface area (Å²) in [5, 5.41) is 13.6. The van der Waals surface area contributed by atoms with Gasteiger partial charge in [-0.2, -0.15) is 17.6 Å². The molecule has 0 saturated heterocycles. The van der Waals surface area contributed by atoms with E-state index in [1.54, 1.807) is 0 Å². The molecule has 154 valence electrons. The quantitative estimate of drug-likeness (QED) is 0.383. The van der Waals surface area contributed by atoms with E-state index in [-0.39, 0.29) is 21.5 Å². The standard InChI is InChI=1S/C14H10F8N4O2/c1-6-4-8(26(27)28)3-2-7(6)5-25-12(14(21,22)10(17)18)23-11(24-25)13(19,20)9(15)16/h2-4,9-10H,5H2,1H3. The number of halogens is 8. The van der Waals surface area contributed by atoms with Gasteiger partial charge in [-0.3, -0.25) is 10.1 Å². The number of hydrogen-bond acceptors (Lipinski definition) is 4. The lowest BCUT2D eigenvalue weighted by molar-refractivity contribution is -0.384. The molecule has 0 aliphatic heterocycles. The zero-order chi connectivity index (χ0) is 21.4. The minimum atomic E-state index is -5.06. The molecule has 28 heavy (non-hydrogen) atoms. The Morgan fingerprint density at radius 1 is 1.11 bits per heavy atom. The van der Waals surface area contributed by atoms with Crippen molar-refractivity contribution in [2.24, 2.45) is 0 Å². The van der Waals surface area contributed by atoms with Gasteiger partial charge < -0.3 is 0 Å². The molecule has 1 aromatic heterocycles. The van der Waals surface area contributed by atoms with E-state index >= 15 is 0 Å². The van der Waals surface area contributed by atoms with Gasteiger partial charge in [0, 0.05) is 12.1 Å². The number of nitrogens with zero attached hydrogens (tertiary/aromatic N) is 4. The molecular weight excluding hydrogens is 408 g/mol. The summed E-state index contributed by atoms with van der Waals surface area (Å²) in [6.07, 6.45) is -8.74. The zero-order valence-corrected chi connectivity index (χ0v) is 13.7. The lowest BCUT2D eigenvalue weighted by Crippen LogP contribution is -2.29. The van der Waals surface area contributed by atoms with Crippen LogP contribution in [0.15, 0.2) is 18.2 Å². The molecule has 0 aliphatic carbocycles. The lowest BCUT2D eigenvalue weighted by Gasteiger charge is -2.16. The maximum Gasteiger partial charge on any atom is 0.367 e. The van der Waals surface area contributed by atoms with Crippen molar-refractivity contribution in [3.8, 4) is 0 Å². The molecule has 0 spiro atoms. The lowest BCUT2D eigenvalue weighted by atomic mass is 10.1. The molecule has 0 N–H and O–H groups in total. The number of benzene rings is 1. The molecule has 0 unspecified atom stereocenters. The molecule has 0 saturated carbocycles. The second-order valence-corrected chi connectivity index (χ2v) is 5.63. The fourth-order valence-corrected chi connectivity index (χ4v) is 2.17. The number of nitro benzene ring substituents is 1. The zero-order valence-electron chi connectivity index (χ0n) is 13.7. The van der Waals surface area contributed by atoms with Crippen LogP contribution in [0.2, 0.25) is 0 Å². The Hall–Kier alpha value is -2.80. The van der Waals surface area contributed by atoms with E-state index in [0.717, 1.165) is 18.2 Å². The fourth-order valence-electron chi connectivity index (χ4n) is 2.17. The van der Waals surface area contributed by atoms with E-state index in [2.05, 4.69) is 10.1 Å². The molecule has 0 amide bonds. The number of hydrogen-bond donors (Lipinski definition) is 0. The van der Waals surface area contributed by atoms with Crippen LogP contribution in [0, 0.1) is 17.0 Å². The summed E-state index contributed by atoms with van der Waals surface area (Å²) in [5.74, 6) is -14.1. The van der Waals surface area contributed by atoms with Crippen LogP contribution < -0.4 is 0 Å². The maximum absolute atomic E-state index is 13.7. The van der Waals surface area contributed by atoms with Crippen LogP contribution >= 0.6 is 0 Å². The van der Waals surface area contributed by atoms with Crippen LogP contribution in [-0.2, 0) is 18.4 Å². The number of nitro groups is 1. The number of rotatable bonds is 7. The highest BCUT2D eigenvalue weighted by atomic mass is 19.3. The minimum Gasteiger partial charge on any atom is -0.258 e. The molecule has 0 fully saturated rings. The number of aromatic nitrogens is 3. The second-order valence-electron chi connectivity index (χ2n) is 5.63. The Kier molecular flexibility index (Phi) is 5.62. The van der Waals surface area contributed by atoms with Gasteiger partial charge in [-0.25, -0.2) is 27.2 Å². The summed E-state index contributed by atoms with van der Waals surface area (Å²) in [5.41, 5.74) is -0.241. The molecule has 0 aliphatic rings. The normalized spacial score (nSPS) is 12.8. The summed E-state index contributed by atoms with van der Waals surface area (Å²) in [7, 11) is 0. The van der Waals surface area contributed by atoms with Gasteiger partial charge in [0.15, 0.2) is 0 Å². The van der Waals surface area contributed by atoms with E-state index in [1.165, 1.54) is 6.92 Å². The van der Waals surface area contributed by atoms with Gasteiger partial charge in [0.05, 0.1) is 11.5 Å². The van der Waals surface area contributed by atoms with Crippen LogP contribution in [0.5, 0.6) is 0 Å². The molecule has 0 atom stereocenters. The highest BCUT2D eigenvalue weighted by Gasteiger charge is 2.52. The van der Waals surface area contributed by atoms with Gasteiger partial charge in [-0.1, -0.05) is 6.07 Å². The van der Waals surface area contributed by atoms with Crippen molar-refractivity contribution in [1.29, 1.82) is 0 Å². The monoisotopic (exact) mass is 418 g/mol. The SMILES string of the molecule is Cc1cc([N+](=O)[O-])ccc1Cn1nc(C(F)(F)C(F)F)nc1C(F)(F)C(F)F. The minimum absolute atomic E-state index is 0.00808. The predicted molar refractivity (Wildman–Crippen MR) is 76.8 cm³/mol. The Balaban J connectivity index is 2.56. The van der Waals surface area contributed by atoms with Crippen molar-refractivity contribution in [2.45, 2.75) is 38.2 Å². The first kappa shape index (κ1) is 21.5. The summed E-state index contributed by atoms with van der Waals surface area (Å²) in [4.78, 5) is 12.5. The Labute approximate surface area is 150 Å². The molecule has 2 rings (SSSR count). The molecule has 1 aromatic carbocycles. The highest BCUT2D eigenvalue weighted by molar-refractivity contribution is 5.39. The smallest absolute Gasteiger partial charge is 0.258 e. The molecule has 6 nitrogen and oxygen atoms in total. The van der Waals surface area contributed by atoms with Gasteiger partial charge in [0.25, 0.3) is 5.69 Å². The summed E-state index contributed by atoms with van der Waals surface area (Å²) < 4.78 is 104. The molecule has 2 aromatic rings. The van der Waals surface area contributed by atoms with Crippen molar-refractivity contribution >= 4 is 5.69 Å². The van der Waals surface area contributed by atoms with Gasteiger partial charge >= 0.3 is 24.7 Å². The Bertz CT molecular complexity index is 884. The molecule has 0 bridgehead atoms. The van der Waals surface area contributed by atoms with Crippen LogP contribution in [0.4, 0.5) is 40.8 Å². The number of alkyl halides is 8. The third-order valence-corrected chi connectivity index (χ3v) is 3.67. The highest BCUT2D eigenvalue weighted by Crippen LogP contribution is 2.38. The van der Waals surface area contributed by atoms with Gasteiger partial charge in [-0.15, -0.1) is 5.10 Å². The van der Waals surface area contributed by atoms with Crippen LogP contribution in [-0.4, -0.2) is 32.5 Å². The van der Waals surface area contributed by atoms with E-state index < -0.39 is 47.8 Å². The Morgan fingerprint density at radius 3 is 2.14 bits per heavy atom. The van der Waals surface area contributed by atoms with Gasteiger partial charge in [0.1, 0.15) is 0 Å². The first-order valence-corrected chi connectivity index (χ1v) is 7.30. The Morgan fingerprint density at radius 2 is 1.68 bits per heavy atom. The van der Waals surface area contributed by atoms with Crippen LogP contribution in [0.25, 0.3) is 0 Å². The van der Waals surface area contributed by atoms with Crippen molar-refractivity contribution in [3.05, 3.63) is 51.1 Å². The molecule has 0 radical (unpaired) electrons. The van der Waals surface area contributed by atoms with E-state index in [1.807, 2.05) is 0 Å². The van der Waals surface area contributed by atoms with Crippen molar-refractivity contribution < 1.29 is 40.0 Å². The van der Waals surface area contributed by atoms with Crippen LogP contribution in [0.3, 0.4) is 0 Å². The number of non-ortho nitro benzene ring substituents is 1. The average molecular weight is 418 g/mol. The average Bonchev–Trinajstić information content (AvgIpc) is 3.01. The van der Waals surface area contributed by atoms with E-state index in [9.17, 15) is 45.2 Å². The maximum atomic E-state index is 13.7. The van der Waals surface area contributed by atoms with Crippen LogP contribution in [0.1, 0.15) is 22.8 Å². The molecule has 1 heterocycles. The van der Waals surface area contributed by atoms with Crippen molar-refractivity contribution in [2.75, 3.05) is 0 Å². The predicted octanol–water partition coefficient (Wildman–Crippen LogP) is 4.26. The summed E-state index contributed by atoms with van der Waals surface area (Å²) in [6.45, 7) is 0.465. The van der Waals surface area contributed by atoms with E-state index in [4.69, 9.17) is 0 Å². The van der Waals surface area contributed by atoms with Crippen molar-refractivity contribution in [1.82, 2.24) is 14.8 Å². The van der Waals surface area contributed by atoms with Gasteiger partial charge in [0.2, 0.25) is 11.6 Å².